The number of amides is 3. The summed E-state index contributed by atoms with van der Waals surface area (Å²) in [7, 11) is 0. The molecular weight excluding hydrogens is 394 g/mol. The number of ether oxygens (including phenoxy) is 1. The van der Waals surface area contributed by atoms with Crippen LogP contribution in [0.5, 0.6) is 0 Å². The molecule has 0 bridgehead atoms. The van der Waals surface area contributed by atoms with Gasteiger partial charge in [0.1, 0.15) is 6.10 Å². The first-order valence-electron chi connectivity index (χ1n) is 10.6. The fourth-order valence-electron chi connectivity index (χ4n) is 3.61. The van der Waals surface area contributed by atoms with Crippen molar-refractivity contribution in [3.05, 3.63) is 65.2 Å². The summed E-state index contributed by atoms with van der Waals surface area (Å²) in [4.78, 5) is 38.6. The Bertz CT molecular complexity index is 909. The zero-order valence-electron chi connectivity index (χ0n) is 18.0. The molecule has 1 atom stereocenters. The maximum atomic E-state index is 12.5. The van der Waals surface area contributed by atoms with E-state index >= 15 is 0 Å². The summed E-state index contributed by atoms with van der Waals surface area (Å²) >= 11 is 0. The molecule has 164 valence electrons. The Morgan fingerprint density at radius 3 is 2.42 bits per heavy atom. The highest BCUT2D eigenvalue weighted by Gasteiger charge is 2.25. The Morgan fingerprint density at radius 1 is 1.00 bits per heavy atom. The minimum absolute atomic E-state index is 0.0264. The summed E-state index contributed by atoms with van der Waals surface area (Å²) in [6.45, 7) is 5.60. The predicted octanol–water partition coefficient (Wildman–Crippen LogP) is 2.74. The van der Waals surface area contributed by atoms with Crippen molar-refractivity contribution in [1.82, 2.24) is 10.2 Å². The van der Waals surface area contributed by atoms with Crippen LogP contribution in [0.3, 0.4) is 0 Å². The number of anilines is 1. The van der Waals surface area contributed by atoms with Crippen LogP contribution < -0.4 is 10.6 Å². The number of para-hydroxylation sites is 1. The van der Waals surface area contributed by atoms with E-state index in [1.165, 1.54) is 0 Å². The number of aryl methyl sites for hydroxylation is 2. The van der Waals surface area contributed by atoms with E-state index in [2.05, 4.69) is 10.6 Å². The predicted molar refractivity (Wildman–Crippen MR) is 119 cm³/mol. The maximum absolute atomic E-state index is 12.5. The number of nitrogens with zero attached hydrogens (tertiary/aromatic N) is 1. The van der Waals surface area contributed by atoms with Crippen molar-refractivity contribution >= 4 is 23.4 Å². The van der Waals surface area contributed by atoms with Gasteiger partial charge in [0.2, 0.25) is 5.91 Å². The van der Waals surface area contributed by atoms with Gasteiger partial charge in [-0.1, -0.05) is 48.5 Å². The molecule has 0 radical (unpaired) electrons. The normalized spacial score (nSPS) is 15.9. The molecule has 1 saturated heterocycles. The lowest BCUT2D eigenvalue weighted by Gasteiger charge is -2.33. The summed E-state index contributed by atoms with van der Waals surface area (Å²) in [6.07, 6.45) is 0.654. The van der Waals surface area contributed by atoms with Gasteiger partial charge in [0.25, 0.3) is 0 Å². The second-order valence-corrected chi connectivity index (χ2v) is 7.69. The van der Waals surface area contributed by atoms with Gasteiger partial charge in [-0.3, -0.25) is 14.4 Å². The van der Waals surface area contributed by atoms with Crippen molar-refractivity contribution in [2.24, 2.45) is 0 Å². The molecule has 0 aromatic heterocycles. The van der Waals surface area contributed by atoms with Crippen LogP contribution in [0.2, 0.25) is 0 Å². The van der Waals surface area contributed by atoms with Gasteiger partial charge in [-0.05, 0) is 37.0 Å². The third-order valence-electron chi connectivity index (χ3n) is 5.37. The SMILES string of the molecule is Cc1cccc(C)c1NC(=O)C(=O)NCCCC(=O)N1CCOC(c2ccccc2)C1. The van der Waals surface area contributed by atoms with Crippen LogP contribution in [0.4, 0.5) is 5.69 Å². The van der Waals surface area contributed by atoms with Crippen LogP contribution >= 0.6 is 0 Å². The highest BCUT2D eigenvalue weighted by Crippen LogP contribution is 2.22. The first kappa shape index (κ1) is 22.5. The highest BCUT2D eigenvalue weighted by molar-refractivity contribution is 6.39. The molecule has 2 aromatic rings. The number of hydrogen-bond acceptors (Lipinski definition) is 4. The lowest BCUT2D eigenvalue weighted by Crippen LogP contribution is -2.42. The maximum Gasteiger partial charge on any atom is 0.313 e. The number of hydrogen-bond donors (Lipinski definition) is 2. The summed E-state index contributed by atoms with van der Waals surface area (Å²) in [6, 6.07) is 15.5. The second-order valence-electron chi connectivity index (χ2n) is 7.69. The zero-order chi connectivity index (χ0) is 22.2. The van der Waals surface area contributed by atoms with Crippen molar-refractivity contribution < 1.29 is 19.1 Å². The molecule has 0 saturated carbocycles. The highest BCUT2D eigenvalue weighted by atomic mass is 16.5. The Kier molecular flexibility index (Phi) is 7.78. The third kappa shape index (κ3) is 6.15. The number of carbonyl (C=O) groups is 3. The van der Waals surface area contributed by atoms with Crippen molar-refractivity contribution in [1.29, 1.82) is 0 Å². The molecule has 7 nitrogen and oxygen atoms in total. The minimum Gasteiger partial charge on any atom is -0.370 e. The van der Waals surface area contributed by atoms with Crippen LogP contribution in [0.15, 0.2) is 48.5 Å². The fraction of sp³-hybridized carbons (Fsp3) is 0.375. The molecule has 1 fully saturated rings. The molecule has 7 heteroatoms. The van der Waals surface area contributed by atoms with E-state index in [0.717, 1.165) is 16.7 Å². The van der Waals surface area contributed by atoms with Gasteiger partial charge in [0, 0.05) is 25.2 Å². The van der Waals surface area contributed by atoms with Crippen LogP contribution in [0.25, 0.3) is 0 Å². The largest absolute Gasteiger partial charge is 0.370 e. The van der Waals surface area contributed by atoms with Gasteiger partial charge >= 0.3 is 11.8 Å². The van der Waals surface area contributed by atoms with Crippen LogP contribution in [-0.2, 0) is 19.1 Å². The number of benzene rings is 2. The van der Waals surface area contributed by atoms with Crippen molar-refractivity contribution in [3.63, 3.8) is 0 Å². The zero-order valence-corrected chi connectivity index (χ0v) is 18.0. The minimum atomic E-state index is -0.706. The summed E-state index contributed by atoms with van der Waals surface area (Å²) in [5.74, 6) is -1.38. The van der Waals surface area contributed by atoms with Gasteiger partial charge in [-0.2, -0.15) is 0 Å². The molecule has 1 heterocycles. The summed E-state index contributed by atoms with van der Waals surface area (Å²) in [5.41, 5.74) is 3.50. The average molecular weight is 424 g/mol. The Labute approximate surface area is 182 Å². The van der Waals surface area contributed by atoms with E-state index in [1.807, 2.05) is 62.4 Å². The molecule has 1 aliphatic rings. The molecule has 2 N–H and O–H groups in total. The Morgan fingerprint density at radius 2 is 1.71 bits per heavy atom. The van der Waals surface area contributed by atoms with Gasteiger partial charge in [0.05, 0.1) is 13.2 Å². The van der Waals surface area contributed by atoms with Crippen LogP contribution in [0, 0.1) is 13.8 Å². The quantitative estimate of drug-likeness (QED) is 0.552. The monoisotopic (exact) mass is 423 g/mol. The van der Waals surface area contributed by atoms with Crippen LogP contribution in [-0.4, -0.2) is 48.9 Å². The first-order valence-corrected chi connectivity index (χ1v) is 10.6. The van der Waals surface area contributed by atoms with Crippen molar-refractivity contribution in [2.45, 2.75) is 32.8 Å². The molecule has 0 spiro atoms. The first-order chi connectivity index (χ1) is 15.0. The van der Waals surface area contributed by atoms with Crippen molar-refractivity contribution in [3.8, 4) is 0 Å². The topological polar surface area (TPSA) is 87.7 Å². The van der Waals surface area contributed by atoms with Gasteiger partial charge < -0.3 is 20.3 Å². The molecular formula is C24H29N3O4. The fourth-order valence-corrected chi connectivity index (χ4v) is 3.61. The Balaban J connectivity index is 1.40. The third-order valence-corrected chi connectivity index (χ3v) is 5.37. The molecule has 3 rings (SSSR count). The number of morpholine rings is 1. The summed E-state index contributed by atoms with van der Waals surface area (Å²) < 4.78 is 5.80. The molecule has 3 amide bonds. The number of nitrogens with one attached hydrogen (secondary N) is 2. The van der Waals surface area contributed by atoms with E-state index in [-0.39, 0.29) is 18.6 Å². The van der Waals surface area contributed by atoms with E-state index in [0.29, 0.717) is 38.2 Å². The van der Waals surface area contributed by atoms with Crippen molar-refractivity contribution in [2.75, 3.05) is 31.6 Å². The second kappa shape index (κ2) is 10.7. The standard InChI is InChI=1S/C24H29N3O4/c1-17-8-6-9-18(2)22(17)26-24(30)23(29)25-13-7-12-21(28)27-14-15-31-20(16-27)19-10-4-3-5-11-19/h3-6,8-11,20H,7,12-16H2,1-2H3,(H,25,29)(H,26,30). The van der Waals surface area contributed by atoms with Gasteiger partial charge in [-0.15, -0.1) is 0 Å². The molecule has 31 heavy (non-hydrogen) atoms. The number of carbonyl (C=O) groups excluding carboxylic acids is 3. The van der Waals surface area contributed by atoms with Gasteiger partial charge in [0.15, 0.2) is 0 Å². The van der Waals surface area contributed by atoms with E-state index < -0.39 is 11.8 Å². The van der Waals surface area contributed by atoms with E-state index in [4.69, 9.17) is 4.74 Å². The van der Waals surface area contributed by atoms with E-state index in [9.17, 15) is 14.4 Å². The molecule has 1 unspecified atom stereocenters. The molecule has 2 aromatic carbocycles. The lowest BCUT2D eigenvalue weighted by atomic mass is 10.1. The molecule has 1 aliphatic heterocycles. The lowest BCUT2D eigenvalue weighted by molar-refractivity contribution is -0.139. The number of rotatable bonds is 6. The van der Waals surface area contributed by atoms with Crippen LogP contribution in [0.1, 0.15) is 35.6 Å². The van der Waals surface area contributed by atoms with E-state index in [1.54, 1.807) is 4.90 Å². The smallest absolute Gasteiger partial charge is 0.313 e. The van der Waals surface area contributed by atoms with Gasteiger partial charge in [-0.25, -0.2) is 0 Å². The summed E-state index contributed by atoms with van der Waals surface area (Å²) in [5, 5.41) is 5.25. The Hall–Kier alpha value is -3.19. The average Bonchev–Trinajstić information content (AvgIpc) is 2.79. The molecule has 0 aliphatic carbocycles.